The lowest BCUT2D eigenvalue weighted by Crippen LogP contribution is -2.43. The van der Waals surface area contributed by atoms with E-state index in [1.165, 1.54) is 0 Å². The van der Waals surface area contributed by atoms with Gasteiger partial charge in [-0.3, -0.25) is 4.90 Å². The molecule has 0 aromatic rings. The van der Waals surface area contributed by atoms with Crippen molar-refractivity contribution in [1.82, 2.24) is 4.90 Å². The molecule has 1 aliphatic heterocycles. The van der Waals surface area contributed by atoms with Gasteiger partial charge in [-0.25, -0.2) is 0 Å². The van der Waals surface area contributed by atoms with Gasteiger partial charge in [0.2, 0.25) is 0 Å². The van der Waals surface area contributed by atoms with Gasteiger partial charge in [0, 0.05) is 23.4 Å². The lowest BCUT2D eigenvalue weighted by Gasteiger charge is -2.36. The van der Waals surface area contributed by atoms with Crippen molar-refractivity contribution in [2.45, 2.75) is 38.3 Å². The van der Waals surface area contributed by atoms with E-state index in [1.807, 2.05) is 0 Å². The summed E-state index contributed by atoms with van der Waals surface area (Å²) in [4.78, 5) is 5.14. The first-order valence-electron chi connectivity index (χ1n) is 4.71. The number of likely N-dealkylation sites (tertiary alicyclic amines) is 1. The minimum absolute atomic E-state index is 0.153. The summed E-state index contributed by atoms with van der Waals surface area (Å²) < 4.78 is 0. The summed E-state index contributed by atoms with van der Waals surface area (Å²) in [5, 5.41) is 3.76. The molecule has 0 radical (unpaired) electrons. The predicted octanol–water partition coefficient (Wildman–Crippen LogP) is 2.43. The molecule has 2 unspecified atom stereocenters. The van der Waals surface area contributed by atoms with Crippen molar-refractivity contribution in [3.8, 4) is 0 Å². The SMILES string of the molecule is CCC1CCC(N=[N+]=[N-])CN1CS. The van der Waals surface area contributed by atoms with Crippen molar-refractivity contribution < 1.29 is 0 Å². The van der Waals surface area contributed by atoms with Crippen molar-refractivity contribution in [3.05, 3.63) is 10.4 Å². The van der Waals surface area contributed by atoms with Gasteiger partial charge in [-0.2, -0.15) is 12.6 Å². The third kappa shape index (κ3) is 2.79. The molecular weight excluding hydrogens is 184 g/mol. The average Bonchev–Trinajstić information content (AvgIpc) is 2.18. The van der Waals surface area contributed by atoms with Gasteiger partial charge in [-0.15, -0.1) is 0 Å². The van der Waals surface area contributed by atoms with Gasteiger partial charge < -0.3 is 0 Å². The first-order valence-corrected chi connectivity index (χ1v) is 5.34. The van der Waals surface area contributed by atoms with Crippen LogP contribution in [-0.4, -0.2) is 29.4 Å². The first kappa shape index (κ1) is 10.7. The Labute approximate surface area is 84.3 Å². The number of azide groups is 1. The highest BCUT2D eigenvalue weighted by molar-refractivity contribution is 7.80. The minimum atomic E-state index is 0.153. The smallest absolute Gasteiger partial charge is 0.0502 e. The monoisotopic (exact) mass is 200 g/mol. The van der Waals surface area contributed by atoms with E-state index in [0.29, 0.717) is 6.04 Å². The van der Waals surface area contributed by atoms with Crippen LogP contribution in [0.1, 0.15) is 26.2 Å². The summed E-state index contributed by atoms with van der Waals surface area (Å²) in [5.74, 6) is 0.760. The van der Waals surface area contributed by atoms with Crippen LogP contribution >= 0.6 is 12.6 Å². The fourth-order valence-corrected chi connectivity index (χ4v) is 2.23. The van der Waals surface area contributed by atoms with Crippen molar-refractivity contribution in [1.29, 1.82) is 0 Å². The molecule has 1 aliphatic rings. The molecule has 0 aromatic carbocycles. The molecule has 1 fully saturated rings. The Morgan fingerprint density at radius 3 is 2.92 bits per heavy atom. The Bertz CT molecular complexity index is 202. The molecule has 1 heterocycles. The second-order valence-corrected chi connectivity index (χ2v) is 3.69. The zero-order chi connectivity index (χ0) is 9.68. The van der Waals surface area contributed by atoms with E-state index in [1.54, 1.807) is 0 Å². The van der Waals surface area contributed by atoms with Crippen molar-refractivity contribution in [2.24, 2.45) is 5.11 Å². The molecule has 4 nitrogen and oxygen atoms in total. The lowest BCUT2D eigenvalue weighted by molar-refractivity contribution is 0.157. The predicted molar refractivity (Wildman–Crippen MR) is 56.8 cm³/mol. The van der Waals surface area contributed by atoms with Crippen LogP contribution in [0.2, 0.25) is 0 Å². The van der Waals surface area contributed by atoms with Crippen LogP contribution in [0.15, 0.2) is 5.11 Å². The lowest BCUT2D eigenvalue weighted by atomic mass is 9.98. The molecule has 2 atom stereocenters. The van der Waals surface area contributed by atoms with Gasteiger partial charge in [0.25, 0.3) is 0 Å². The van der Waals surface area contributed by atoms with Gasteiger partial charge in [0.05, 0.1) is 6.04 Å². The van der Waals surface area contributed by atoms with Crippen molar-refractivity contribution in [3.63, 3.8) is 0 Å². The molecule has 1 rings (SSSR count). The molecule has 1 saturated heterocycles. The standard InChI is InChI=1S/C8H16N4S/c1-2-8-4-3-7(10-11-9)5-12(8)6-13/h7-8,13H,2-6H2,1H3. The van der Waals surface area contributed by atoms with E-state index in [0.717, 1.165) is 31.7 Å². The van der Waals surface area contributed by atoms with E-state index >= 15 is 0 Å². The summed E-state index contributed by atoms with van der Waals surface area (Å²) in [6.07, 6.45) is 3.30. The first-order chi connectivity index (χ1) is 6.31. The van der Waals surface area contributed by atoms with Crippen molar-refractivity contribution in [2.75, 3.05) is 12.4 Å². The maximum Gasteiger partial charge on any atom is 0.0502 e. The highest BCUT2D eigenvalue weighted by atomic mass is 32.1. The summed E-state index contributed by atoms with van der Waals surface area (Å²) in [6, 6.07) is 0.780. The second-order valence-electron chi connectivity index (χ2n) is 3.41. The Hall–Kier alpha value is -0.380. The number of thiol groups is 1. The highest BCUT2D eigenvalue weighted by Gasteiger charge is 2.25. The molecule has 0 saturated carbocycles. The molecule has 0 N–H and O–H groups in total. The number of nitrogens with zero attached hydrogens (tertiary/aromatic N) is 4. The number of hydrogen-bond donors (Lipinski definition) is 1. The molecule has 5 heteroatoms. The summed E-state index contributed by atoms with van der Waals surface area (Å²) in [7, 11) is 0. The van der Waals surface area contributed by atoms with E-state index in [2.05, 4.69) is 34.5 Å². The molecule has 13 heavy (non-hydrogen) atoms. The topological polar surface area (TPSA) is 52.0 Å². The fraction of sp³-hybridized carbons (Fsp3) is 1.00. The van der Waals surface area contributed by atoms with Gasteiger partial charge in [-0.05, 0) is 24.8 Å². The summed E-state index contributed by atoms with van der Waals surface area (Å²) in [6.45, 7) is 3.06. The van der Waals surface area contributed by atoms with Crippen molar-refractivity contribution >= 4 is 12.6 Å². The van der Waals surface area contributed by atoms with E-state index in [4.69, 9.17) is 5.53 Å². The third-order valence-corrected chi connectivity index (χ3v) is 3.03. The van der Waals surface area contributed by atoms with Gasteiger partial charge in [0.1, 0.15) is 0 Å². The quantitative estimate of drug-likeness (QED) is 0.323. The number of piperidine rings is 1. The van der Waals surface area contributed by atoms with Gasteiger partial charge in [0.15, 0.2) is 0 Å². The van der Waals surface area contributed by atoms with Crippen LogP contribution in [0.3, 0.4) is 0 Å². The number of rotatable bonds is 3. The summed E-state index contributed by atoms with van der Waals surface area (Å²) in [5.41, 5.74) is 8.32. The Morgan fingerprint density at radius 2 is 2.38 bits per heavy atom. The highest BCUT2D eigenvalue weighted by Crippen LogP contribution is 2.21. The van der Waals surface area contributed by atoms with Crippen LogP contribution in [-0.2, 0) is 0 Å². The van der Waals surface area contributed by atoms with Crippen LogP contribution < -0.4 is 0 Å². The van der Waals surface area contributed by atoms with E-state index < -0.39 is 0 Å². The molecule has 0 aromatic heterocycles. The molecular formula is C8H16N4S. The maximum absolute atomic E-state index is 8.32. The molecule has 74 valence electrons. The second kappa shape index (κ2) is 5.37. The molecule has 0 amide bonds. The average molecular weight is 200 g/mol. The Balaban J connectivity index is 2.51. The fourth-order valence-electron chi connectivity index (χ4n) is 1.88. The third-order valence-electron chi connectivity index (χ3n) is 2.66. The van der Waals surface area contributed by atoms with Crippen LogP contribution in [0.25, 0.3) is 10.4 Å². The minimum Gasteiger partial charge on any atom is -0.291 e. The Kier molecular flexibility index (Phi) is 4.42. The number of hydrogen-bond acceptors (Lipinski definition) is 3. The Morgan fingerprint density at radius 1 is 1.62 bits per heavy atom. The van der Waals surface area contributed by atoms with E-state index in [-0.39, 0.29) is 6.04 Å². The van der Waals surface area contributed by atoms with Gasteiger partial charge in [-0.1, -0.05) is 12.0 Å². The molecule has 0 bridgehead atoms. The maximum atomic E-state index is 8.32. The van der Waals surface area contributed by atoms with Crippen LogP contribution in [0, 0.1) is 0 Å². The van der Waals surface area contributed by atoms with Crippen LogP contribution in [0.5, 0.6) is 0 Å². The van der Waals surface area contributed by atoms with Gasteiger partial charge >= 0.3 is 0 Å². The summed E-state index contributed by atoms with van der Waals surface area (Å²) >= 11 is 4.28. The normalized spacial score (nSPS) is 29.7. The molecule has 0 spiro atoms. The zero-order valence-electron chi connectivity index (χ0n) is 7.93. The zero-order valence-corrected chi connectivity index (χ0v) is 8.82. The largest absolute Gasteiger partial charge is 0.291 e. The van der Waals surface area contributed by atoms with E-state index in [9.17, 15) is 0 Å². The molecule has 0 aliphatic carbocycles. The van der Waals surface area contributed by atoms with Crippen LogP contribution in [0.4, 0.5) is 0 Å².